The number of nitrogens with zero attached hydrogens (tertiary/aromatic N) is 1. The van der Waals surface area contributed by atoms with Crippen molar-refractivity contribution in [3.05, 3.63) is 38.9 Å². The zero-order valence-electron chi connectivity index (χ0n) is 13.5. The van der Waals surface area contributed by atoms with Gasteiger partial charge in [0.2, 0.25) is 0 Å². The summed E-state index contributed by atoms with van der Waals surface area (Å²) in [5.41, 5.74) is 0.0747. The largest absolute Gasteiger partial charge is 0.351 e. The highest BCUT2D eigenvalue weighted by Crippen LogP contribution is 2.59. The number of hydrogen-bond acceptors (Lipinski definition) is 3. The molecular formula is C18H21ClN2O3. The van der Waals surface area contributed by atoms with E-state index in [9.17, 15) is 14.9 Å². The third-order valence-electron chi connectivity index (χ3n) is 6.19. The van der Waals surface area contributed by atoms with E-state index in [0.29, 0.717) is 6.54 Å². The Balaban J connectivity index is 1.49. The fraction of sp³-hybridized carbons (Fsp3) is 0.611. The number of nitrogens with one attached hydrogen (secondary N) is 1. The summed E-state index contributed by atoms with van der Waals surface area (Å²) in [5.74, 6) is 2.09. The summed E-state index contributed by atoms with van der Waals surface area (Å²) in [6.07, 6.45) is 7.66. The van der Waals surface area contributed by atoms with Crippen LogP contribution in [0.15, 0.2) is 18.2 Å². The van der Waals surface area contributed by atoms with Crippen molar-refractivity contribution in [2.24, 2.45) is 23.2 Å². The second kappa shape index (κ2) is 5.73. The lowest BCUT2D eigenvalue weighted by Crippen LogP contribution is -2.51. The number of rotatable bonds is 4. The predicted octanol–water partition coefficient (Wildman–Crippen LogP) is 4.19. The van der Waals surface area contributed by atoms with Crippen LogP contribution in [0.1, 0.15) is 48.9 Å². The van der Waals surface area contributed by atoms with Gasteiger partial charge in [-0.25, -0.2) is 0 Å². The number of hydrogen-bond donors (Lipinski definition) is 1. The SMILES string of the molecule is O=C(NCC12CC3CC(CC(C3)C1)C2)c1ccc(Cl)cc1[N+](=O)[O-]. The van der Waals surface area contributed by atoms with Crippen LogP contribution in [0.5, 0.6) is 0 Å². The molecule has 4 bridgehead atoms. The predicted molar refractivity (Wildman–Crippen MR) is 91.0 cm³/mol. The smallest absolute Gasteiger partial charge is 0.283 e. The minimum absolute atomic E-state index is 0.0918. The Kier molecular flexibility index (Phi) is 3.79. The summed E-state index contributed by atoms with van der Waals surface area (Å²) >= 11 is 5.82. The maximum absolute atomic E-state index is 12.5. The number of benzene rings is 1. The first-order chi connectivity index (χ1) is 11.4. The van der Waals surface area contributed by atoms with E-state index in [1.807, 2.05) is 0 Å². The molecule has 1 N–H and O–H groups in total. The van der Waals surface area contributed by atoms with Gasteiger partial charge in [0.05, 0.1) is 4.92 Å². The monoisotopic (exact) mass is 348 g/mol. The Labute approximate surface area is 145 Å². The first kappa shape index (κ1) is 15.9. The molecule has 1 amide bonds. The number of carbonyl (C=O) groups excluding carboxylic acids is 1. The molecule has 128 valence electrons. The van der Waals surface area contributed by atoms with Crippen molar-refractivity contribution in [1.82, 2.24) is 5.32 Å². The second-order valence-electron chi connectivity index (χ2n) is 8.02. The summed E-state index contributed by atoms with van der Waals surface area (Å²) < 4.78 is 0. The summed E-state index contributed by atoms with van der Waals surface area (Å²) in [7, 11) is 0. The van der Waals surface area contributed by atoms with E-state index < -0.39 is 4.92 Å². The van der Waals surface area contributed by atoms with Crippen LogP contribution in [0.2, 0.25) is 5.02 Å². The number of nitro groups is 1. The van der Waals surface area contributed by atoms with E-state index in [4.69, 9.17) is 11.6 Å². The molecule has 0 aliphatic heterocycles. The molecule has 1 aromatic rings. The average Bonchev–Trinajstić information content (AvgIpc) is 2.51. The molecule has 0 spiro atoms. The summed E-state index contributed by atoms with van der Waals surface area (Å²) in [5, 5.41) is 14.4. The topological polar surface area (TPSA) is 72.2 Å². The molecule has 0 unspecified atom stereocenters. The Bertz CT molecular complexity index is 668. The van der Waals surface area contributed by atoms with E-state index in [0.717, 1.165) is 17.8 Å². The average molecular weight is 349 g/mol. The van der Waals surface area contributed by atoms with Gasteiger partial charge in [-0.2, -0.15) is 0 Å². The van der Waals surface area contributed by atoms with E-state index in [-0.39, 0.29) is 27.6 Å². The zero-order chi connectivity index (χ0) is 16.9. The molecule has 24 heavy (non-hydrogen) atoms. The lowest BCUT2D eigenvalue weighted by atomic mass is 9.49. The van der Waals surface area contributed by atoms with Gasteiger partial charge >= 0.3 is 0 Å². The molecule has 4 aliphatic carbocycles. The Morgan fingerprint density at radius 3 is 2.33 bits per heavy atom. The third-order valence-corrected chi connectivity index (χ3v) is 6.43. The lowest BCUT2D eigenvalue weighted by Gasteiger charge is -2.56. The van der Waals surface area contributed by atoms with Gasteiger partial charge in [0.15, 0.2) is 0 Å². The van der Waals surface area contributed by atoms with Crippen molar-refractivity contribution in [1.29, 1.82) is 0 Å². The third kappa shape index (κ3) is 2.79. The molecule has 4 fully saturated rings. The Hall–Kier alpha value is -1.62. The Morgan fingerprint density at radius 1 is 1.21 bits per heavy atom. The van der Waals surface area contributed by atoms with E-state index in [1.165, 1.54) is 56.7 Å². The summed E-state index contributed by atoms with van der Waals surface area (Å²) in [6, 6.07) is 4.20. The minimum atomic E-state index is -0.550. The molecular weight excluding hydrogens is 328 g/mol. The molecule has 6 heteroatoms. The Morgan fingerprint density at radius 2 is 1.79 bits per heavy atom. The molecule has 1 aromatic carbocycles. The van der Waals surface area contributed by atoms with Crippen molar-refractivity contribution < 1.29 is 9.72 Å². The highest BCUT2D eigenvalue weighted by molar-refractivity contribution is 6.31. The fourth-order valence-corrected chi connectivity index (χ4v) is 5.88. The molecule has 0 radical (unpaired) electrons. The zero-order valence-corrected chi connectivity index (χ0v) is 14.2. The maximum atomic E-state index is 12.5. The minimum Gasteiger partial charge on any atom is -0.351 e. The molecule has 5 nitrogen and oxygen atoms in total. The van der Waals surface area contributed by atoms with Crippen LogP contribution in [-0.2, 0) is 0 Å². The molecule has 0 heterocycles. The van der Waals surface area contributed by atoms with Crippen LogP contribution in [0.25, 0.3) is 0 Å². The number of amides is 1. The van der Waals surface area contributed by atoms with E-state index in [2.05, 4.69) is 5.32 Å². The molecule has 0 aromatic heterocycles. The van der Waals surface area contributed by atoms with Crippen molar-refractivity contribution in [2.75, 3.05) is 6.54 Å². The van der Waals surface area contributed by atoms with Crippen LogP contribution in [0.4, 0.5) is 5.69 Å². The van der Waals surface area contributed by atoms with Crippen LogP contribution in [0.3, 0.4) is 0 Å². The van der Waals surface area contributed by atoms with Crippen LogP contribution in [-0.4, -0.2) is 17.4 Å². The molecule has 5 rings (SSSR count). The first-order valence-electron chi connectivity index (χ1n) is 8.66. The van der Waals surface area contributed by atoms with Gasteiger partial charge in [0, 0.05) is 17.6 Å². The van der Waals surface area contributed by atoms with E-state index in [1.54, 1.807) is 0 Å². The van der Waals surface area contributed by atoms with Crippen molar-refractivity contribution in [2.45, 2.75) is 38.5 Å². The number of halogens is 1. The first-order valence-corrected chi connectivity index (χ1v) is 9.04. The quantitative estimate of drug-likeness (QED) is 0.654. The van der Waals surface area contributed by atoms with Crippen molar-refractivity contribution in [3.63, 3.8) is 0 Å². The second-order valence-corrected chi connectivity index (χ2v) is 8.46. The van der Waals surface area contributed by atoms with Gasteiger partial charge in [-0.1, -0.05) is 11.6 Å². The van der Waals surface area contributed by atoms with Gasteiger partial charge in [0.1, 0.15) is 5.56 Å². The van der Waals surface area contributed by atoms with Gasteiger partial charge in [-0.15, -0.1) is 0 Å². The van der Waals surface area contributed by atoms with Crippen molar-refractivity contribution in [3.8, 4) is 0 Å². The lowest BCUT2D eigenvalue weighted by molar-refractivity contribution is -0.385. The number of carbonyl (C=O) groups is 1. The van der Waals surface area contributed by atoms with Crippen molar-refractivity contribution >= 4 is 23.2 Å². The summed E-state index contributed by atoms with van der Waals surface area (Å²) in [4.78, 5) is 23.1. The van der Waals surface area contributed by atoms with Gasteiger partial charge in [0.25, 0.3) is 11.6 Å². The standard InChI is InChI=1S/C18H21ClN2O3/c19-14-1-2-15(16(6-14)21(23)24)17(22)20-10-18-7-11-3-12(8-18)5-13(4-11)9-18/h1-2,6,11-13H,3-5,7-10H2,(H,20,22). The molecule has 0 atom stereocenters. The highest BCUT2D eigenvalue weighted by atomic mass is 35.5. The molecule has 4 aliphatic rings. The van der Waals surface area contributed by atoms with Gasteiger partial charge in [-0.05, 0) is 73.8 Å². The van der Waals surface area contributed by atoms with Crippen LogP contribution < -0.4 is 5.32 Å². The van der Waals surface area contributed by atoms with E-state index >= 15 is 0 Å². The van der Waals surface area contributed by atoms with Crippen LogP contribution in [0, 0.1) is 33.3 Å². The van der Waals surface area contributed by atoms with Gasteiger partial charge in [-0.3, -0.25) is 14.9 Å². The summed E-state index contributed by atoms with van der Waals surface area (Å²) in [6.45, 7) is 0.634. The normalized spacial score (nSPS) is 33.5. The van der Waals surface area contributed by atoms with Gasteiger partial charge < -0.3 is 5.32 Å². The van der Waals surface area contributed by atoms with Crippen LogP contribution >= 0.6 is 11.6 Å². The maximum Gasteiger partial charge on any atom is 0.283 e. The fourth-order valence-electron chi connectivity index (χ4n) is 5.72. The molecule has 0 saturated heterocycles. The highest BCUT2D eigenvalue weighted by Gasteiger charge is 2.50. The molecule has 4 saturated carbocycles. The number of nitro benzene ring substituents is 1.